The van der Waals surface area contributed by atoms with Gasteiger partial charge in [0, 0.05) is 12.3 Å². The highest BCUT2D eigenvalue weighted by molar-refractivity contribution is 5.75. The van der Waals surface area contributed by atoms with Crippen molar-refractivity contribution in [3.63, 3.8) is 0 Å². The molecule has 1 aromatic rings. The molecule has 25 heavy (non-hydrogen) atoms. The van der Waals surface area contributed by atoms with E-state index in [9.17, 15) is 4.79 Å². The molecule has 1 heterocycles. The molecule has 3 heteroatoms. The van der Waals surface area contributed by atoms with E-state index in [1.807, 2.05) is 18.2 Å². The van der Waals surface area contributed by atoms with Crippen LogP contribution in [0.4, 0.5) is 0 Å². The zero-order chi connectivity index (χ0) is 17.9. The quantitative estimate of drug-likeness (QED) is 0.590. The van der Waals surface area contributed by atoms with Gasteiger partial charge >= 0.3 is 5.97 Å². The number of rotatable bonds is 4. The molecule has 0 bridgehead atoms. The molecule has 1 saturated carbocycles. The topological polar surface area (TPSA) is 35.5 Å². The predicted molar refractivity (Wildman–Crippen MR) is 99.4 cm³/mol. The standard InChI is InChI=1S/C22H30O3/c1-16-12-13-18(22(2,3)17-9-5-4-6-10-17)20(15-16)25-21(23)19-11-7-8-14-24-19/h4-10,16,18-20H,11-15H2,1-3H3/t16-,18-,19-,20-/m1/s1. The number of hydrogen-bond donors (Lipinski definition) is 0. The fraction of sp³-hybridized carbons (Fsp3) is 0.591. The van der Waals surface area contributed by atoms with Crippen molar-refractivity contribution in [3.8, 4) is 0 Å². The van der Waals surface area contributed by atoms with Crippen molar-refractivity contribution in [3.05, 3.63) is 48.0 Å². The molecule has 0 saturated heterocycles. The first-order chi connectivity index (χ1) is 12.0. The monoisotopic (exact) mass is 342 g/mol. The zero-order valence-corrected chi connectivity index (χ0v) is 15.6. The van der Waals surface area contributed by atoms with Gasteiger partial charge in [-0.1, -0.05) is 69.7 Å². The summed E-state index contributed by atoms with van der Waals surface area (Å²) in [5.41, 5.74) is 1.28. The van der Waals surface area contributed by atoms with Crippen molar-refractivity contribution in [2.75, 3.05) is 6.61 Å². The van der Waals surface area contributed by atoms with Crippen LogP contribution in [0.2, 0.25) is 0 Å². The van der Waals surface area contributed by atoms with E-state index < -0.39 is 6.10 Å². The van der Waals surface area contributed by atoms with Gasteiger partial charge < -0.3 is 9.47 Å². The fourth-order valence-electron chi connectivity index (χ4n) is 4.28. The molecule has 0 aromatic heterocycles. The van der Waals surface area contributed by atoms with Gasteiger partial charge in [0.25, 0.3) is 0 Å². The summed E-state index contributed by atoms with van der Waals surface area (Å²) in [5.74, 6) is 0.722. The average molecular weight is 342 g/mol. The van der Waals surface area contributed by atoms with Gasteiger partial charge in [-0.15, -0.1) is 0 Å². The summed E-state index contributed by atoms with van der Waals surface area (Å²) in [6.45, 7) is 7.32. The maximum Gasteiger partial charge on any atom is 0.335 e. The number of carbonyl (C=O) groups is 1. The second kappa shape index (κ2) is 7.74. The molecule has 1 fully saturated rings. The van der Waals surface area contributed by atoms with Crippen LogP contribution in [0.5, 0.6) is 0 Å². The summed E-state index contributed by atoms with van der Waals surface area (Å²) in [6.07, 6.45) is 7.31. The Morgan fingerprint density at radius 1 is 1.16 bits per heavy atom. The third-order valence-electron chi connectivity index (χ3n) is 5.94. The molecule has 1 aromatic carbocycles. The molecule has 3 rings (SSSR count). The van der Waals surface area contributed by atoms with Crippen molar-refractivity contribution in [1.82, 2.24) is 0 Å². The molecule has 0 N–H and O–H groups in total. The summed E-state index contributed by atoms with van der Waals surface area (Å²) >= 11 is 0. The van der Waals surface area contributed by atoms with E-state index in [1.54, 1.807) is 0 Å². The lowest BCUT2D eigenvalue weighted by atomic mass is 9.64. The van der Waals surface area contributed by atoms with Crippen LogP contribution in [0.25, 0.3) is 0 Å². The Kier molecular flexibility index (Phi) is 5.63. The second-order valence-electron chi connectivity index (χ2n) is 8.12. The molecule has 0 radical (unpaired) electrons. The molecular formula is C22H30O3. The van der Waals surface area contributed by atoms with E-state index in [4.69, 9.17) is 9.47 Å². The summed E-state index contributed by atoms with van der Waals surface area (Å²) < 4.78 is 11.6. The molecule has 4 atom stereocenters. The summed E-state index contributed by atoms with van der Waals surface area (Å²) in [6, 6.07) is 10.6. The number of carbonyl (C=O) groups excluding carboxylic acids is 1. The normalized spacial score (nSPS) is 30.0. The highest BCUT2D eigenvalue weighted by atomic mass is 16.6. The highest BCUT2D eigenvalue weighted by Crippen LogP contribution is 2.43. The Morgan fingerprint density at radius 2 is 1.92 bits per heavy atom. The first-order valence-corrected chi connectivity index (χ1v) is 9.51. The molecule has 0 amide bonds. The van der Waals surface area contributed by atoms with Crippen LogP contribution in [-0.4, -0.2) is 24.8 Å². The van der Waals surface area contributed by atoms with Gasteiger partial charge in [-0.3, -0.25) is 0 Å². The van der Waals surface area contributed by atoms with Crippen LogP contribution in [-0.2, 0) is 19.7 Å². The SMILES string of the molecule is C[C@@H]1CC[C@@H](C(C)(C)c2ccccc2)[C@H](OC(=O)[C@H]2CC=CCO2)C1. The Hall–Kier alpha value is -1.61. The van der Waals surface area contributed by atoms with Crippen LogP contribution in [0.3, 0.4) is 0 Å². The third-order valence-corrected chi connectivity index (χ3v) is 5.94. The van der Waals surface area contributed by atoms with Gasteiger partial charge in [0.1, 0.15) is 6.10 Å². The molecule has 1 aliphatic heterocycles. The minimum absolute atomic E-state index is 0.0281. The lowest BCUT2D eigenvalue weighted by Gasteiger charge is -2.44. The summed E-state index contributed by atoms with van der Waals surface area (Å²) in [5, 5.41) is 0. The van der Waals surface area contributed by atoms with E-state index in [0.717, 1.165) is 12.8 Å². The van der Waals surface area contributed by atoms with Crippen LogP contribution >= 0.6 is 0 Å². The fourth-order valence-corrected chi connectivity index (χ4v) is 4.28. The number of hydrogen-bond acceptors (Lipinski definition) is 3. The van der Waals surface area contributed by atoms with Crippen molar-refractivity contribution in [1.29, 1.82) is 0 Å². The van der Waals surface area contributed by atoms with Crippen LogP contribution in [0.15, 0.2) is 42.5 Å². The number of benzene rings is 1. The summed E-state index contributed by atoms with van der Waals surface area (Å²) in [4.78, 5) is 12.6. The van der Waals surface area contributed by atoms with Gasteiger partial charge in [-0.25, -0.2) is 4.79 Å². The Labute approximate surface area is 151 Å². The van der Waals surface area contributed by atoms with Gasteiger partial charge in [-0.05, 0) is 29.7 Å². The predicted octanol–water partition coefficient (Wildman–Crippen LogP) is 4.66. The first kappa shape index (κ1) is 18.2. The first-order valence-electron chi connectivity index (χ1n) is 9.51. The molecule has 3 nitrogen and oxygen atoms in total. The second-order valence-corrected chi connectivity index (χ2v) is 8.12. The molecule has 2 aliphatic rings. The van der Waals surface area contributed by atoms with Crippen LogP contribution in [0, 0.1) is 11.8 Å². The van der Waals surface area contributed by atoms with Crippen molar-refractivity contribution in [2.24, 2.45) is 11.8 Å². The largest absolute Gasteiger partial charge is 0.460 e. The van der Waals surface area contributed by atoms with E-state index in [0.29, 0.717) is 24.9 Å². The van der Waals surface area contributed by atoms with Crippen molar-refractivity contribution < 1.29 is 14.3 Å². The average Bonchev–Trinajstić information content (AvgIpc) is 2.63. The van der Waals surface area contributed by atoms with E-state index in [1.165, 1.54) is 12.0 Å². The zero-order valence-electron chi connectivity index (χ0n) is 15.6. The minimum Gasteiger partial charge on any atom is -0.460 e. The Balaban J connectivity index is 1.76. The summed E-state index contributed by atoms with van der Waals surface area (Å²) in [7, 11) is 0. The van der Waals surface area contributed by atoms with Crippen LogP contribution < -0.4 is 0 Å². The van der Waals surface area contributed by atoms with Crippen LogP contribution in [0.1, 0.15) is 52.0 Å². The molecule has 0 spiro atoms. The van der Waals surface area contributed by atoms with E-state index in [-0.39, 0.29) is 17.5 Å². The molecule has 136 valence electrons. The number of esters is 1. The lowest BCUT2D eigenvalue weighted by Crippen LogP contribution is -2.45. The van der Waals surface area contributed by atoms with Gasteiger partial charge in [0.2, 0.25) is 0 Å². The maximum atomic E-state index is 12.6. The van der Waals surface area contributed by atoms with Crippen molar-refractivity contribution >= 4 is 5.97 Å². The third kappa shape index (κ3) is 4.14. The Morgan fingerprint density at radius 3 is 2.60 bits per heavy atom. The number of ether oxygens (including phenoxy) is 2. The van der Waals surface area contributed by atoms with E-state index in [2.05, 4.69) is 45.0 Å². The molecule has 0 unspecified atom stereocenters. The van der Waals surface area contributed by atoms with Gasteiger partial charge in [-0.2, -0.15) is 0 Å². The van der Waals surface area contributed by atoms with Gasteiger partial charge in [0.05, 0.1) is 6.61 Å². The minimum atomic E-state index is -0.442. The maximum absolute atomic E-state index is 12.6. The lowest BCUT2D eigenvalue weighted by molar-refractivity contribution is -0.169. The Bertz CT molecular complexity index is 605. The van der Waals surface area contributed by atoms with Crippen molar-refractivity contribution in [2.45, 2.75) is 64.1 Å². The smallest absolute Gasteiger partial charge is 0.335 e. The molecular weight excluding hydrogens is 312 g/mol. The van der Waals surface area contributed by atoms with Gasteiger partial charge in [0.15, 0.2) is 6.10 Å². The highest BCUT2D eigenvalue weighted by Gasteiger charge is 2.42. The molecule has 1 aliphatic carbocycles. The van der Waals surface area contributed by atoms with E-state index >= 15 is 0 Å².